The van der Waals surface area contributed by atoms with Crippen LogP contribution in [0.25, 0.3) is 0 Å². The molecule has 0 amide bonds. The molecule has 3 nitrogen and oxygen atoms in total. The second-order valence-corrected chi connectivity index (χ2v) is 4.06. The third-order valence-corrected chi connectivity index (χ3v) is 2.91. The summed E-state index contributed by atoms with van der Waals surface area (Å²) in [5.74, 6) is 0.808. The number of ether oxygens (including phenoxy) is 1. The van der Waals surface area contributed by atoms with Crippen LogP contribution in [0.2, 0.25) is 0 Å². The van der Waals surface area contributed by atoms with Gasteiger partial charge in [-0.3, -0.25) is 5.41 Å². The van der Waals surface area contributed by atoms with Gasteiger partial charge in [-0.2, -0.15) is 0 Å². The Bertz CT molecular complexity index is 193. The Morgan fingerprint density at radius 1 is 1.38 bits per heavy atom. The van der Waals surface area contributed by atoms with E-state index in [2.05, 4.69) is 11.8 Å². The first-order valence-corrected chi connectivity index (χ1v) is 5.27. The molecule has 2 aliphatic rings. The van der Waals surface area contributed by atoms with Gasteiger partial charge < -0.3 is 9.64 Å². The minimum Gasteiger partial charge on any atom is -0.371 e. The van der Waals surface area contributed by atoms with Gasteiger partial charge in [-0.05, 0) is 19.3 Å². The predicted molar refractivity (Wildman–Crippen MR) is 52.1 cm³/mol. The van der Waals surface area contributed by atoms with Crippen LogP contribution in [0.3, 0.4) is 0 Å². The molecule has 0 aromatic heterocycles. The van der Waals surface area contributed by atoms with Crippen molar-refractivity contribution in [3.8, 4) is 0 Å². The Balaban J connectivity index is 1.91. The fourth-order valence-electron chi connectivity index (χ4n) is 2.23. The molecule has 2 rings (SSSR count). The Morgan fingerprint density at radius 3 is 2.54 bits per heavy atom. The first-order valence-electron chi connectivity index (χ1n) is 5.27. The molecule has 2 fully saturated rings. The Labute approximate surface area is 79.6 Å². The van der Waals surface area contributed by atoms with Crippen molar-refractivity contribution in [2.24, 2.45) is 0 Å². The van der Waals surface area contributed by atoms with E-state index in [-0.39, 0.29) is 0 Å². The van der Waals surface area contributed by atoms with Gasteiger partial charge in [-0.25, -0.2) is 0 Å². The number of likely N-dealkylation sites (tertiary alicyclic amines) is 1. The number of hydrogen-bond acceptors (Lipinski definition) is 2. The minimum atomic E-state index is 0.413. The standard InChI is InChI=1S/C10H18N2O/c1-2-3-10(11)12-6-8-4-5-9(7-12)13-8/h8-9,11H,2-7H2,1H3. The number of hydrogen-bond donors (Lipinski definition) is 1. The van der Waals surface area contributed by atoms with Crippen LogP contribution < -0.4 is 0 Å². The fourth-order valence-corrected chi connectivity index (χ4v) is 2.23. The number of amidine groups is 1. The van der Waals surface area contributed by atoms with Crippen molar-refractivity contribution in [3.63, 3.8) is 0 Å². The van der Waals surface area contributed by atoms with Crippen LogP contribution in [0, 0.1) is 5.41 Å². The monoisotopic (exact) mass is 182 g/mol. The second kappa shape index (κ2) is 3.66. The van der Waals surface area contributed by atoms with E-state index in [0.29, 0.717) is 12.2 Å². The highest BCUT2D eigenvalue weighted by atomic mass is 16.5. The van der Waals surface area contributed by atoms with Crippen molar-refractivity contribution in [2.75, 3.05) is 13.1 Å². The summed E-state index contributed by atoms with van der Waals surface area (Å²) < 4.78 is 5.72. The van der Waals surface area contributed by atoms with Gasteiger partial charge in [0.05, 0.1) is 18.0 Å². The first kappa shape index (κ1) is 9.00. The zero-order valence-electron chi connectivity index (χ0n) is 8.25. The lowest BCUT2D eigenvalue weighted by molar-refractivity contribution is -0.0165. The molecular weight excluding hydrogens is 164 g/mol. The SMILES string of the molecule is CCCC(=N)N1CC2CCC(C1)O2. The zero-order valence-corrected chi connectivity index (χ0v) is 8.25. The molecule has 74 valence electrons. The van der Waals surface area contributed by atoms with Gasteiger partial charge in [0.25, 0.3) is 0 Å². The lowest BCUT2D eigenvalue weighted by Gasteiger charge is -2.33. The first-order chi connectivity index (χ1) is 6.29. The minimum absolute atomic E-state index is 0.413. The van der Waals surface area contributed by atoms with Crippen LogP contribution in [0.15, 0.2) is 0 Å². The molecule has 2 saturated heterocycles. The summed E-state index contributed by atoms with van der Waals surface area (Å²) >= 11 is 0. The maximum atomic E-state index is 7.86. The summed E-state index contributed by atoms with van der Waals surface area (Å²) in [4.78, 5) is 2.20. The third-order valence-electron chi connectivity index (χ3n) is 2.91. The van der Waals surface area contributed by atoms with Crippen molar-refractivity contribution in [1.82, 2.24) is 4.90 Å². The summed E-state index contributed by atoms with van der Waals surface area (Å²) in [7, 11) is 0. The van der Waals surface area contributed by atoms with E-state index in [1.807, 2.05) is 0 Å². The molecule has 0 spiro atoms. The summed E-state index contributed by atoms with van der Waals surface area (Å²) in [6.07, 6.45) is 5.21. The molecule has 0 aliphatic carbocycles. The van der Waals surface area contributed by atoms with E-state index in [4.69, 9.17) is 10.1 Å². The highest BCUT2D eigenvalue weighted by Crippen LogP contribution is 2.26. The van der Waals surface area contributed by atoms with Crippen molar-refractivity contribution in [3.05, 3.63) is 0 Å². The number of rotatable bonds is 2. The average molecular weight is 182 g/mol. The molecule has 0 radical (unpaired) electrons. The normalized spacial score (nSPS) is 32.2. The van der Waals surface area contributed by atoms with E-state index in [9.17, 15) is 0 Å². The summed E-state index contributed by atoms with van der Waals surface area (Å²) in [5.41, 5.74) is 0. The molecule has 2 aliphatic heterocycles. The number of morpholine rings is 1. The lowest BCUT2D eigenvalue weighted by atomic mass is 10.2. The molecule has 3 heteroatoms. The zero-order chi connectivity index (χ0) is 9.26. The fraction of sp³-hybridized carbons (Fsp3) is 0.900. The number of nitrogens with one attached hydrogen (secondary N) is 1. The largest absolute Gasteiger partial charge is 0.371 e. The summed E-state index contributed by atoms with van der Waals surface area (Å²) in [6.45, 7) is 4.04. The van der Waals surface area contributed by atoms with E-state index in [1.165, 1.54) is 12.8 Å². The molecule has 2 atom stereocenters. The van der Waals surface area contributed by atoms with Crippen LogP contribution in [-0.4, -0.2) is 36.0 Å². The third kappa shape index (κ3) is 1.85. The number of fused-ring (bicyclic) bond motifs is 2. The van der Waals surface area contributed by atoms with Gasteiger partial charge in [0.2, 0.25) is 0 Å². The molecule has 2 bridgehead atoms. The molecule has 0 aromatic carbocycles. The van der Waals surface area contributed by atoms with Crippen LogP contribution in [-0.2, 0) is 4.74 Å². The van der Waals surface area contributed by atoms with Crippen molar-refractivity contribution in [2.45, 2.75) is 44.8 Å². The van der Waals surface area contributed by atoms with Gasteiger partial charge in [0.1, 0.15) is 0 Å². The molecule has 0 aromatic rings. The highest BCUT2D eigenvalue weighted by molar-refractivity contribution is 5.79. The van der Waals surface area contributed by atoms with Gasteiger partial charge in [0, 0.05) is 19.5 Å². The lowest BCUT2D eigenvalue weighted by Crippen LogP contribution is -2.45. The Hall–Kier alpha value is -0.570. The van der Waals surface area contributed by atoms with Crippen LogP contribution in [0.1, 0.15) is 32.6 Å². The Morgan fingerprint density at radius 2 is 2.00 bits per heavy atom. The van der Waals surface area contributed by atoms with Gasteiger partial charge >= 0.3 is 0 Å². The topological polar surface area (TPSA) is 36.3 Å². The second-order valence-electron chi connectivity index (χ2n) is 4.06. The van der Waals surface area contributed by atoms with E-state index < -0.39 is 0 Å². The predicted octanol–water partition coefficient (Wildman–Crippen LogP) is 1.63. The molecular formula is C10H18N2O. The van der Waals surface area contributed by atoms with E-state index in [0.717, 1.165) is 31.8 Å². The van der Waals surface area contributed by atoms with Crippen molar-refractivity contribution in [1.29, 1.82) is 5.41 Å². The Kier molecular flexibility index (Phi) is 2.54. The molecule has 1 N–H and O–H groups in total. The van der Waals surface area contributed by atoms with Crippen molar-refractivity contribution >= 4 is 5.84 Å². The van der Waals surface area contributed by atoms with Gasteiger partial charge in [-0.1, -0.05) is 6.92 Å². The van der Waals surface area contributed by atoms with Crippen LogP contribution >= 0.6 is 0 Å². The van der Waals surface area contributed by atoms with Gasteiger partial charge in [-0.15, -0.1) is 0 Å². The molecule has 0 saturated carbocycles. The molecule has 13 heavy (non-hydrogen) atoms. The smallest absolute Gasteiger partial charge is 0.0959 e. The summed E-state index contributed by atoms with van der Waals surface area (Å²) in [5, 5.41) is 7.86. The maximum Gasteiger partial charge on any atom is 0.0959 e. The average Bonchev–Trinajstić information content (AvgIpc) is 2.46. The van der Waals surface area contributed by atoms with Crippen LogP contribution in [0.4, 0.5) is 0 Å². The maximum absolute atomic E-state index is 7.86. The van der Waals surface area contributed by atoms with Crippen molar-refractivity contribution < 1.29 is 4.74 Å². The van der Waals surface area contributed by atoms with Crippen LogP contribution in [0.5, 0.6) is 0 Å². The number of nitrogens with zero attached hydrogens (tertiary/aromatic N) is 1. The highest BCUT2D eigenvalue weighted by Gasteiger charge is 2.34. The molecule has 2 heterocycles. The van der Waals surface area contributed by atoms with E-state index in [1.54, 1.807) is 0 Å². The van der Waals surface area contributed by atoms with Gasteiger partial charge in [0.15, 0.2) is 0 Å². The molecule has 2 unspecified atom stereocenters. The quantitative estimate of drug-likeness (QED) is 0.520. The summed E-state index contributed by atoms with van der Waals surface area (Å²) in [6, 6.07) is 0. The van der Waals surface area contributed by atoms with E-state index >= 15 is 0 Å².